The maximum absolute atomic E-state index is 12.3. The molecule has 1 fully saturated rings. The SMILES string of the molecule is CN=C(NCCc1ccc(NC(C)=O)cc1)NC1CC(=O)N(c2ccccc2)C1.I. The van der Waals surface area contributed by atoms with Crippen LogP contribution in [0.15, 0.2) is 59.6 Å². The average Bonchev–Trinajstić information content (AvgIpc) is 3.09. The van der Waals surface area contributed by atoms with Crippen molar-refractivity contribution in [3.8, 4) is 0 Å². The molecule has 30 heavy (non-hydrogen) atoms. The molecule has 1 aliphatic heterocycles. The van der Waals surface area contributed by atoms with Crippen molar-refractivity contribution >= 4 is 53.1 Å². The Morgan fingerprint density at radius 2 is 1.83 bits per heavy atom. The summed E-state index contributed by atoms with van der Waals surface area (Å²) >= 11 is 0. The highest BCUT2D eigenvalue weighted by Crippen LogP contribution is 2.20. The Morgan fingerprint density at radius 1 is 1.13 bits per heavy atom. The zero-order valence-electron chi connectivity index (χ0n) is 17.2. The predicted octanol–water partition coefficient (Wildman–Crippen LogP) is 2.78. The summed E-state index contributed by atoms with van der Waals surface area (Å²) in [6, 6.07) is 17.5. The van der Waals surface area contributed by atoms with Gasteiger partial charge in [-0.05, 0) is 36.2 Å². The highest BCUT2D eigenvalue weighted by Gasteiger charge is 2.30. The molecule has 1 aliphatic rings. The van der Waals surface area contributed by atoms with Crippen LogP contribution in [0.5, 0.6) is 0 Å². The van der Waals surface area contributed by atoms with Gasteiger partial charge in [-0.3, -0.25) is 14.6 Å². The van der Waals surface area contributed by atoms with Gasteiger partial charge in [0, 0.05) is 44.9 Å². The first-order valence-corrected chi connectivity index (χ1v) is 9.74. The minimum absolute atomic E-state index is 0. The van der Waals surface area contributed by atoms with E-state index in [0.717, 1.165) is 23.4 Å². The second-order valence-electron chi connectivity index (χ2n) is 7.01. The number of hydrogen-bond donors (Lipinski definition) is 3. The van der Waals surface area contributed by atoms with Crippen molar-refractivity contribution in [1.82, 2.24) is 10.6 Å². The Morgan fingerprint density at radius 3 is 2.47 bits per heavy atom. The molecule has 0 aliphatic carbocycles. The molecule has 1 saturated heterocycles. The van der Waals surface area contributed by atoms with Crippen molar-refractivity contribution in [2.75, 3.05) is 30.4 Å². The highest BCUT2D eigenvalue weighted by molar-refractivity contribution is 14.0. The number of hydrogen-bond acceptors (Lipinski definition) is 3. The number of nitrogens with one attached hydrogen (secondary N) is 3. The number of halogens is 1. The molecular formula is C22H28IN5O2. The van der Waals surface area contributed by atoms with E-state index in [-0.39, 0.29) is 41.8 Å². The van der Waals surface area contributed by atoms with Crippen molar-refractivity contribution in [2.45, 2.75) is 25.8 Å². The van der Waals surface area contributed by atoms with E-state index in [4.69, 9.17) is 0 Å². The third-order valence-corrected chi connectivity index (χ3v) is 4.74. The average molecular weight is 521 g/mol. The molecule has 7 nitrogen and oxygen atoms in total. The second kappa shape index (κ2) is 11.5. The maximum atomic E-state index is 12.3. The van der Waals surface area contributed by atoms with E-state index in [9.17, 15) is 9.59 Å². The van der Waals surface area contributed by atoms with Gasteiger partial charge in [-0.1, -0.05) is 30.3 Å². The van der Waals surface area contributed by atoms with E-state index in [1.54, 1.807) is 7.05 Å². The number of nitrogens with zero attached hydrogens (tertiary/aromatic N) is 2. The van der Waals surface area contributed by atoms with Crippen LogP contribution in [0.3, 0.4) is 0 Å². The Hall–Kier alpha value is -2.62. The minimum atomic E-state index is -0.0782. The van der Waals surface area contributed by atoms with Gasteiger partial charge in [0.05, 0.1) is 6.04 Å². The molecule has 2 amide bonds. The monoisotopic (exact) mass is 521 g/mol. The fraction of sp³-hybridized carbons (Fsp3) is 0.318. The fourth-order valence-corrected chi connectivity index (χ4v) is 3.33. The molecule has 2 aromatic rings. The number of carbonyl (C=O) groups excluding carboxylic acids is 2. The van der Waals surface area contributed by atoms with Gasteiger partial charge in [-0.25, -0.2) is 0 Å². The summed E-state index contributed by atoms with van der Waals surface area (Å²) in [6.45, 7) is 2.82. The summed E-state index contributed by atoms with van der Waals surface area (Å²) in [5, 5.41) is 9.40. The van der Waals surface area contributed by atoms with Crippen LogP contribution in [0.4, 0.5) is 11.4 Å². The van der Waals surface area contributed by atoms with Gasteiger partial charge < -0.3 is 20.9 Å². The predicted molar refractivity (Wildman–Crippen MR) is 132 cm³/mol. The number of anilines is 2. The van der Waals surface area contributed by atoms with E-state index in [1.165, 1.54) is 6.92 Å². The summed E-state index contributed by atoms with van der Waals surface area (Å²) in [4.78, 5) is 29.5. The number of para-hydroxylation sites is 1. The molecule has 1 unspecified atom stereocenters. The van der Waals surface area contributed by atoms with Crippen LogP contribution in [0.2, 0.25) is 0 Å². The van der Waals surface area contributed by atoms with E-state index >= 15 is 0 Å². The standard InChI is InChI=1S/C22H27N5O2.HI/c1-16(28)25-18-10-8-17(9-11-18)12-13-24-22(23-2)26-19-14-21(29)27(15-19)20-6-4-3-5-7-20;/h3-11,19H,12-15H2,1-2H3,(H,25,28)(H2,23,24,26);1H. The number of carbonyl (C=O) groups is 2. The van der Waals surface area contributed by atoms with Gasteiger partial charge in [0.2, 0.25) is 11.8 Å². The molecule has 8 heteroatoms. The summed E-state index contributed by atoms with van der Waals surface area (Å²) in [5.41, 5.74) is 2.88. The lowest BCUT2D eigenvalue weighted by Crippen LogP contribution is -2.45. The molecule has 0 spiro atoms. The quantitative estimate of drug-likeness (QED) is 0.310. The number of guanidine groups is 1. The van der Waals surface area contributed by atoms with Crippen molar-refractivity contribution in [3.05, 3.63) is 60.2 Å². The van der Waals surface area contributed by atoms with Crippen molar-refractivity contribution in [1.29, 1.82) is 0 Å². The van der Waals surface area contributed by atoms with E-state index in [2.05, 4.69) is 20.9 Å². The first kappa shape index (κ1) is 23.7. The maximum Gasteiger partial charge on any atom is 0.229 e. The first-order chi connectivity index (χ1) is 14.0. The molecule has 0 radical (unpaired) electrons. The van der Waals surface area contributed by atoms with E-state index in [0.29, 0.717) is 25.5 Å². The summed E-state index contributed by atoms with van der Waals surface area (Å²) in [5.74, 6) is 0.724. The van der Waals surface area contributed by atoms with E-state index < -0.39 is 0 Å². The third-order valence-electron chi connectivity index (χ3n) is 4.74. The summed E-state index contributed by atoms with van der Waals surface area (Å²) < 4.78 is 0. The summed E-state index contributed by atoms with van der Waals surface area (Å²) in [6.07, 6.45) is 1.26. The fourth-order valence-electron chi connectivity index (χ4n) is 3.33. The minimum Gasteiger partial charge on any atom is -0.356 e. The van der Waals surface area contributed by atoms with Gasteiger partial charge in [0.25, 0.3) is 0 Å². The molecule has 1 heterocycles. The number of benzene rings is 2. The number of amides is 2. The Kier molecular flexibility index (Phi) is 9.10. The Labute approximate surface area is 194 Å². The number of rotatable bonds is 6. The Balaban J connectivity index is 0.00000320. The van der Waals surface area contributed by atoms with Gasteiger partial charge in [0.15, 0.2) is 5.96 Å². The van der Waals surface area contributed by atoms with Crippen molar-refractivity contribution in [3.63, 3.8) is 0 Å². The molecule has 1 atom stereocenters. The smallest absolute Gasteiger partial charge is 0.229 e. The highest BCUT2D eigenvalue weighted by atomic mass is 127. The van der Waals surface area contributed by atoms with Crippen LogP contribution >= 0.6 is 24.0 Å². The third kappa shape index (κ3) is 6.72. The molecule has 3 rings (SSSR count). The molecule has 0 bridgehead atoms. The van der Waals surface area contributed by atoms with Gasteiger partial charge in [0.1, 0.15) is 0 Å². The second-order valence-corrected chi connectivity index (χ2v) is 7.01. The molecule has 3 N–H and O–H groups in total. The normalized spacial score (nSPS) is 16.1. The lowest BCUT2D eigenvalue weighted by Gasteiger charge is -2.19. The van der Waals surface area contributed by atoms with E-state index in [1.807, 2.05) is 59.5 Å². The van der Waals surface area contributed by atoms with Crippen molar-refractivity contribution < 1.29 is 9.59 Å². The van der Waals surface area contributed by atoms with Gasteiger partial charge >= 0.3 is 0 Å². The van der Waals surface area contributed by atoms with Crippen LogP contribution in [0.1, 0.15) is 18.9 Å². The zero-order valence-corrected chi connectivity index (χ0v) is 19.6. The van der Waals surface area contributed by atoms with Crippen LogP contribution in [-0.2, 0) is 16.0 Å². The number of aliphatic imine (C=N–C) groups is 1. The molecule has 0 saturated carbocycles. The Bertz CT molecular complexity index is 871. The van der Waals surface area contributed by atoms with Crippen LogP contribution < -0.4 is 20.9 Å². The van der Waals surface area contributed by atoms with Crippen molar-refractivity contribution in [2.24, 2.45) is 4.99 Å². The van der Waals surface area contributed by atoms with Crippen LogP contribution in [-0.4, -0.2) is 44.0 Å². The molecule has 160 valence electrons. The molecule has 0 aromatic heterocycles. The molecule has 2 aromatic carbocycles. The van der Waals surface area contributed by atoms with Crippen LogP contribution in [0.25, 0.3) is 0 Å². The largest absolute Gasteiger partial charge is 0.356 e. The lowest BCUT2D eigenvalue weighted by atomic mass is 10.1. The lowest BCUT2D eigenvalue weighted by molar-refractivity contribution is -0.117. The van der Waals surface area contributed by atoms with Gasteiger partial charge in [-0.2, -0.15) is 0 Å². The topological polar surface area (TPSA) is 85.8 Å². The summed E-state index contributed by atoms with van der Waals surface area (Å²) in [7, 11) is 1.73. The van der Waals surface area contributed by atoms with Gasteiger partial charge in [-0.15, -0.1) is 24.0 Å². The zero-order chi connectivity index (χ0) is 20.6. The molecular weight excluding hydrogens is 493 g/mol. The first-order valence-electron chi connectivity index (χ1n) is 9.74. The van der Waals surface area contributed by atoms with Crippen LogP contribution in [0, 0.1) is 0 Å².